The molecule has 19 heavy (non-hydrogen) atoms. The second-order valence-corrected chi connectivity index (χ2v) is 6.20. The minimum absolute atomic E-state index is 0.335. The van der Waals surface area contributed by atoms with Gasteiger partial charge in [-0.2, -0.15) is 0 Å². The topological polar surface area (TPSA) is 52.3 Å². The Hall–Kier alpha value is -1.00. The highest BCUT2D eigenvalue weighted by Gasteiger charge is 2.28. The van der Waals surface area contributed by atoms with E-state index in [1.165, 1.54) is 17.6 Å². The summed E-state index contributed by atoms with van der Waals surface area (Å²) in [7, 11) is 1.38. The quantitative estimate of drug-likeness (QED) is 0.474. The van der Waals surface area contributed by atoms with E-state index in [-0.39, 0.29) is 5.97 Å². The maximum Gasteiger partial charge on any atom is 0.325 e. The molecular weight excluding hydrogens is 258 g/mol. The predicted octanol–water partition coefficient (Wildman–Crippen LogP) is 3.15. The molecule has 0 saturated heterocycles. The molecule has 1 atom stereocenters. The summed E-state index contributed by atoms with van der Waals surface area (Å²) in [6.07, 6.45) is 2.64. The first kappa shape index (κ1) is 16.1. The predicted molar refractivity (Wildman–Crippen MR) is 80.4 cm³/mol. The van der Waals surface area contributed by atoms with Crippen molar-refractivity contribution in [2.75, 3.05) is 12.9 Å². The Labute approximate surface area is 119 Å². The normalized spacial score (nSPS) is 13.9. The van der Waals surface area contributed by atoms with Gasteiger partial charge in [0, 0.05) is 4.90 Å². The highest BCUT2D eigenvalue weighted by atomic mass is 32.2. The molecule has 0 aliphatic carbocycles. The summed E-state index contributed by atoms with van der Waals surface area (Å²) in [4.78, 5) is 12.7. The summed E-state index contributed by atoms with van der Waals surface area (Å²) >= 11 is 1.84. The summed E-state index contributed by atoms with van der Waals surface area (Å²) < 4.78 is 4.68. The Bertz CT molecular complexity index is 401. The highest BCUT2D eigenvalue weighted by Crippen LogP contribution is 2.21. The molecule has 1 aromatic rings. The van der Waals surface area contributed by atoms with Crippen LogP contribution in [0.3, 0.4) is 0 Å². The standard InChI is InChI=1S/C15H23NO2S/c1-12-6-8-13(9-7-12)19-11-5-4-10-15(2,16)14(17)18-3/h6-9H,4-5,10-11,16H2,1-3H3. The average molecular weight is 281 g/mol. The van der Waals surface area contributed by atoms with E-state index in [1.807, 2.05) is 11.8 Å². The maximum absolute atomic E-state index is 11.4. The second kappa shape index (κ2) is 7.56. The number of rotatable bonds is 7. The van der Waals surface area contributed by atoms with Gasteiger partial charge in [0.1, 0.15) is 5.54 Å². The molecule has 0 spiro atoms. The van der Waals surface area contributed by atoms with Crippen molar-refractivity contribution < 1.29 is 9.53 Å². The van der Waals surface area contributed by atoms with Gasteiger partial charge in [-0.3, -0.25) is 4.79 Å². The number of nitrogens with two attached hydrogens (primary N) is 1. The highest BCUT2D eigenvalue weighted by molar-refractivity contribution is 7.99. The van der Waals surface area contributed by atoms with Gasteiger partial charge < -0.3 is 10.5 Å². The first-order valence-electron chi connectivity index (χ1n) is 6.52. The lowest BCUT2D eigenvalue weighted by atomic mass is 9.97. The first-order chi connectivity index (χ1) is 8.95. The Balaban J connectivity index is 2.21. The van der Waals surface area contributed by atoms with E-state index >= 15 is 0 Å². The van der Waals surface area contributed by atoms with Gasteiger partial charge in [0.05, 0.1) is 7.11 Å². The van der Waals surface area contributed by atoms with Gasteiger partial charge in [-0.25, -0.2) is 0 Å². The van der Waals surface area contributed by atoms with Crippen LogP contribution in [0.2, 0.25) is 0 Å². The largest absolute Gasteiger partial charge is 0.468 e. The zero-order valence-electron chi connectivity index (χ0n) is 11.9. The number of aryl methyl sites for hydroxylation is 1. The molecule has 0 aromatic heterocycles. The Kier molecular flexibility index (Phi) is 6.38. The smallest absolute Gasteiger partial charge is 0.325 e. The molecule has 3 nitrogen and oxygen atoms in total. The zero-order valence-corrected chi connectivity index (χ0v) is 12.8. The molecule has 2 N–H and O–H groups in total. The molecule has 106 valence electrons. The van der Waals surface area contributed by atoms with Crippen molar-refractivity contribution in [1.29, 1.82) is 0 Å². The van der Waals surface area contributed by atoms with Crippen molar-refractivity contribution in [2.45, 2.75) is 43.5 Å². The number of carbonyl (C=O) groups excluding carboxylic acids is 1. The number of unbranched alkanes of at least 4 members (excludes halogenated alkanes) is 1. The van der Waals surface area contributed by atoms with Crippen LogP contribution in [0.4, 0.5) is 0 Å². The van der Waals surface area contributed by atoms with E-state index in [0.29, 0.717) is 6.42 Å². The van der Waals surface area contributed by atoms with E-state index in [1.54, 1.807) is 6.92 Å². The Morgan fingerprint density at radius 1 is 1.32 bits per heavy atom. The molecule has 1 unspecified atom stereocenters. The number of esters is 1. The van der Waals surface area contributed by atoms with Crippen molar-refractivity contribution in [1.82, 2.24) is 0 Å². The molecule has 1 rings (SSSR count). The van der Waals surface area contributed by atoms with Crippen LogP contribution in [0.15, 0.2) is 29.2 Å². The van der Waals surface area contributed by atoms with Crippen LogP contribution in [-0.2, 0) is 9.53 Å². The van der Waals surface area contributed by atoms with Crippen molar-refractivity contribution >= 4 is 17.7 Å². The minimum Gasteiger partial charge on any atom is -0.468 e. The van der Waals surface area contributed by atoms with Crippen LogP contribution >= 0.6 is 11.8 Å². The van der Waals surface area contributed by atoms with Crippen LogP contribution in [0, 0.1) is 6.92 Å². The van der Waals surface area contributed by atoms with Crippen LogP contribution in [0.1, 0.15) is 31.7 Å². The van der Waals surface area contributed by atoms with Crippen molar-refractivity contribution in [2.24, 2.45) is 5.73 Å². The van der Waals surface area contributed by atoms with Gasteiger partial charge in [-0.1, -0.05) is 24.1 Å². The van der Waals surface area contributed by atoms with E-state index in [9.17, 15) is 4.79 Å². The fourth-order valence-electron chi connectivity index (χ4n) is 1.75. The molecule has 0 saturated carbocycles. The van der Waals surface area contributed by atoms with Gasteiger partial charge in [0.15, 0.2) is 0 Å². The van der Waals surface area contributed by atoms with Crippen molar-refractivity contribution in [3.05, 3.63) is 29.8 Å². The van der Waals surface area contributed by atoms with Crippen LogP contribution in [0.25, 0.3) is 0 Å². The van der Waals surface area contributed by atoms with Gasteiger partial charge >= 0.3 is 5.97 Å². The monoisotopic (exact) mass is 281 g/mol. The minimum atomic E-state index is -0.858. The lowest BCUT2D eigenvalue weighted by molar-refractivity contribution is -0.146. The SMILES string of the molecule is COC(=O)C(C)(N)CCCCSc1ccc(C)cc1. The summed E-state index contributed by atoms with van der Waals surface area (Å²) in [6.45, 7) is 3.81. The molecule has 0 amide bonds. The zero-order chi connectivity index (χ0) is 14.3. The summed E-state index contributed by atoms with van der Waals surface area (Å²) in [5, 5.41) is 0. The second-order valence-electron chi connectivity index (χ2n) is 5.03. The lowest BCUT2D eigenvalue weighted by Crippen LogP contribution is -2.45. The number of thioether (sulfide) groups is 1. The fraction of sp³-hybridized carbons (Fsp3) is 0.533. The number of carbonyl (C=O) groups is 1. The average Bonchev–Trinajstić information content (AvgIpc) is 2.39. The number of methoxy groups -OCH3 is 1. The molecule has 0 aliphatic heterocycles. The fourth-order valence-corrected chi connectivity index (χ4v) is 2.67. The number of hydrogen-bond acceptors (Lipinski definition) is 4. The van der Waals surface area contributed by atoms with E-state index < -0.39 is 5.54 Å². The van der Waals surface area contributed by atoms with Crippen LogP contribution in [-0.4, -0.2) is 24.4 Å². The van der Waals surface area contributed by atoms with Gasteiger partial charge in [-0.05, 0) is 44.6 Å². The number of ether oxygens (including phenoxy) is 1. The number of hydrogen-bond donors (Lipinski definition) is 1. The molecule has 0 fully saturated rings. The molecule has 0 heterocycles. The third kappa shape index (κ3) is 5.66. The molecular formula is C15H23NO2S. The molecule has 0 radical (unpaired) electrons. The van der Waals surface area contributed by atoms with Crippen molar-refractivity contribution in [3.8, 4) is 0 Å². The summed E-state index contributed by atoms with van der Waals surface area (Å²) in [5.41, 5.74) is 6.32. The molecule has 1 aromatic carbocycles. The van der Waals surface area contributed by atoms with Crippen molar-refractivity contribution in [3.63, 3.8) is 0 Å². The first-order valence-corrected chi connectivity index (χ1v) is 7.51. The van der Waals surface area contributed by atoms with Crippen LogP contribution in [0.5, 0.6) is 0 Å². The van der Waals surface area contributed by atoms with Crippen LogP contribution < -0.4 is 5.73 Å². The number of benzene rings is 1. The summed E-state index contributed by atoms with van der Waals surface area (Å²) in [6, 6.07) is 8.52. The molecule has 0 bridgehead atoms. The Morgan fingerprint density at radius 3 is 2.53 bits per heavy atom. The van der Waals surface area contributed by atoms with E-state index in [4.69, 9.17) is 5.73 Å². The van der Waals surface area contributed by atoms with Gasteiger partial charge in [-0.15, -0.1) is 11.8 Å². The van der Waals surface area contributed by atoms with Gasteiger partial charge in [0.2, 0.25) is 0 Å². The van der Waals surface area contributed by atoms with Gasteiger partial charge in [0.25, 0.3) is 0 Å². The molecule has 0 aliphatic rings. The Morgan fingerprint density at radius 2 is 1.95 bits per heavy atom. The molecule has 4 heteroatoms. The third-order valence-corrected chi connectivity index (χ3v) is 4.13. The summed E-state index contributed by atoms with van der Waals surface area (Å²) in [5.74, 6) is 0.707. The van der Waals surface area contributed by atoms with E-state index in [0.717, 1.165) is 18.6 Å². The van der Waals surface area contributed by atoms with E-state index in [2.05, 4.69) is 35.9 Å². The maximum atomic E-state index is 11.4. The third-order valence-electron chi connectivity index (χ3n) is 3.03. The lowest BCUT2D eigenvalue weighted by Gasteiger charge is -2.20.